The van der Waals surface area contributed by atoms with Gasteiger partial charge in [-0.25, -0.2) is 0 Å². The lowest BCUT2D eigenvalue weighted by Gasteiger charge is -1.99. The van der Waals surface area contributed by atoms with Crippen LogP contribution in [0.2, 0.25) is 0 Å². The summed E-state index contributed by atoms with van der Waals surface area (Å²) in [6.45, 7) is 4.09. The van der Waals surface area contributed by atoms with Crippen LogP contribution in [0.3, 0.4) is 0 Å². The molecule has 0 amide bonds. The van der Waals surface area contributed by atoms with Crippen LogP contribution in [-0.2, 0) is 0 Å². The van der Waals surface area contributed by atoms with Crippen molar-refractivity contribution in [3.63, 3.8) is 0 Å². The molecule has 0 fully saturated rings. The van der Waals surface area contributed by atoms with E-state index in [4.69, 9.17) is 4.52 Å². The molecule has 0 spiro atoms. The average Bonchev–Trinajstić information content (AvgIpc) is 2.49. The number of rotatable bonds is 1. The van der Waals surface area contributed by atoms with E-state index in [9.17, 15) is 0 Å². The first-order chi connectivity index (χ1) is 5.77. The van der Waals surface area contributed by atoms with Gasteiger partial charge in [-0.3, -0.25) is 0 Å². The lowest BCUT2D eigenvalue weighted by molar-refractivity contribution is 0.415. The first kappa shape index (κ1) is 7.15. The van der Waals surface area contributed by atoms with Crippen molar-refractivity contribution in [2.24, 2.45) is 0 Å². The van der Waals surface area contributed by atoms with Gasteiger partial charge in [0.05, 0.1) is 5.69 Å². The fraction of sp³-hybridized carbons (Fsp3) is 0.429. The zero-order chi connectivity index (χ0) is 8.55. The summed E-state index contributed by atoms with van der Waals surface area (Å²) in [5.74, 6) is 0.346. The van der Waals surface area contributed by atoms with Gasteiger partial charge in [-0.05, 0) is 12.0 Å². The smallest absolute Gasteiger partial charge is 0.297 e. The molecule has 0 unspecified atom stereocenters. The normalized spacial score (nSPS) is 11.2. The molecule has 2 heterocycles. The summed E-state index contributed by atoms with van der Waals surface area (Å²) in [6, 6.07) is 1.84. The molecule has 0 aromatic carbocycles. The second kappa shape index (κ2) is 2.51. The Morgan fingerprint density at radius 3 is 2.83 bits per heavy atom. The number of aromatic nitrogens is 4. The van der Waals surface area contributed by atoms with Crippen LogP contribution in [0.4, 0.5) is 0 Å². The Labute approximate surface area is 68.8 Å². The summed E-state index contributed by atoms with van der Waals surface area (Å²) in [7, 11) is 0. The van der Waals surface area contributed by atoms with Gasteiger partial charge >= 0.3 is 0 Å². The van der Waals surface area contributed by atoms with E-state index in [1.165, 1.54) is 0 Å². The van der Waals surface area contributed by atoms with Gasteiger partial charge in [0.1, 0.15) is 0 Å². The molecular weight excluding hydrogens is 156 g/mol. The SMILES string of the molecule is CC(C)c1cc2nnoc2nn1. The highest BCUT2D eigenvalue weighted by Crippen LogP contribution is 2.13. The molecule has 5 heteroatoms. The lowest BCUT2D eigenvalue weighted by atomic mass is 10.1. The van der Waals surface area contributed by atoms with E-state index in [2.05, 4.69) is 20.6 Å². The molecule has 0 radical (unpaired) electrons. The van der Waals surface area contributed by atoms with Crippen molar-refractivity contribution in [1.82, 2.24) is 20.6 Å². The Morgan fingerprint density at radius 2 is 2.08 bits per heavy atom. The van der Waals surface area contributed by atoms with Gasteiger partial charge in [-0.15, -0.1) is 10.2 Å². The van der Waals surface area contributed by atoms with Crippen molar-refractivity contribution in [2.45, 2.75) is 19.8 Å². The van der Waals surface area contributed by atoms with Crippen LogP contribution in [0.1, 0.15) is 25.5 Å². The number of fused-ring (bicyclic) bond motifs is 1. The third kappa shape index (κ3) is 1.03. The maximum absolute atomic E-state index is 4.72. The molecule has 2 aromatic heterocycles. The summed E-state index contributed by atoms with van der Waals surface area (Å²) >= 11 is 0. The van der Waals surface area contributed by atoms with Gasteiger partial charge in [0.2, 0.25) is 0 Å². The van der Waals surface area contributed by atoms with Gasteiger partial charge < -0.3 is 4.52 Å². The van der Waals surface area contributed by atoms with E-state index in [-0.39, 0.29) is 0 Å². The second-order valence-corrected chi connectivity index (χ2v) is 2.89. The zero-order valence-corrected chi connectivity index (χ0v) is 6.85. The predicted molar refractivity (Wildman–Crippen MR) is 41.5 cm³/mol. The van der Waals surface area contributed by atoms with Gasteiger partial charge in [0.15, 0.2) is 5.52 Å². The molecule has 0 aliphatic heterocycles. The Kier molecular flexibility index (Phi) is 1.49. The molecule has 0 saturated heterocycles. The Hall–Kier alpha value is -1.52. The Bertz CT molecular complexity index is 395. The van der Waals surface area contributed by atoms with Crippen LogP contribution in [0.5, 0.6) is 0 Å². The van der Waals surface area contributed by atoms with E-state index in [1.807, 2.05) is 19.9 Å². The van der Waals surface area contributed by atoms with Crippen molar-refractivity contribution in [2.75, 3.05) is 0 Å². The zero-order valence-electron chi connectivity index (χ0n) is 6.85. The minimum Gasteiger partial charge on any atom is -0.314 e. The van der Waals surface area contributed by atoms with Crippen molar-refractivity contribution < 1.29 is 4.52 Å². The van der Waals surface area contributed by atoms with Crippen molar-refractivity contribution in [1.29, 1.82) is 0 Å². The van der Waals surface area contributed by atoms with Gasteiger partial charge in [0.25, 0.3) is 5.71 Å². The highest BCUT2D eigenvalue weighted by Gasteiger charge is 2.06. The largest absolute Gasteiger partial charge is 0.314 e. The van der Waals surface area contributed by atoms with Crippen LogP contribution >= 0.6 is 0 Å². The molecule has 2 rings (SSSR count). The molecule has 0 aliphatic rings. The molecule has 0 N–H and O–H groups in total. The molecule has 62 valence electrons. The molecule has 2 aromatic rings. The summed E-state index contributed by atoms with van der Waals surface area (Å²) < 4.78 is 4.72. The van der Waals surface area contributed by atoms with E-state index in [0.29, 0.717) is 17.1 Å². The number of hydrogen-bond acceptors (Lipinski definition) is 5. The first-order valence-electron chi connectivity index (χ1n) is 3.73. The standard InChI is InChI=1S/C7H8N4O/c1-4(2)5-3-6-7(10-8-5)12-11-9-6/h3-4H,1-2H3. The van der Waals surface area contributed by atoms with Crippen LogP contribution in [0.15, 0.2) is 10.6 Å². The first-order valence-corrected chi connectivity index (χ1v) is 3.73. The monoisotopic (exact) mass is 164 g/mol. The number of nitrogens with zero attached hydrogens (tertiary/aromatic N) is 4. The average molecular weight is 164 g/mol. The molecule has 0 atom stereocenters. The minimum absolute atomic E-state index is 0.346. The van der Waals surface area contributed by atoms with Gasteiger partial charge in [-0.2, -0.15) is 5.10 Å². The van der Waals surface area contributed by atoms with E-state index in [0.717, 1.165) is 5.69 Å². The lowest BCUT2D eigenvalue weighted by Crippen LogP contribution is -1.94. The van der Waals surface area contributed by atoms with E-state index >= 15 is 0 Å². The third-order valence-electron chi connectivity index (χ3n) is 1.63. The highest BCUT2D eigenvalue weighted by atomic mass is 16.5. The van der Waals surface area contributed by atoms with Crippen LogP contribution in [0.25, 0.3) is 11.2 Å². The molecule has 0 aliphatic carbocycles. The Balaban J connectivity index is 2.60. The van der Waals surface area contributed by atoms with Gasteiger partial charge in [-0.1, -0.05) is 13.8 Å². The van der Waals surface area contributed by atoms with Gasteiger partial charge in [0, 0.05) is 5.27 Å². The second-order valence-electron chi connectivity index (χ2n) is 2.89. The maximum Gasteiger partial charge on any atom is 0.297 e. The third-order valence-corrected chi connectivity index (χ3v) is 1.63. The van der Waals surface area contributed by atoms with Crippen LogP contribution < -0.4 is 0 Å². The van der Waals surface area contributed by atoms with E-state index < -0.39 is 0 Å². The minimum atomic E-state index is 0.346. The summed E-state index contributed by atoms with van der Waals surface area (Å²) in [4.78, 5) is 0. The van der Waals surface area contributed by atoms with Crippen LogP contribution in [0, 0.1) is 0 Å². The Morgan fingerprint density at radius 1 is 1.25 bits per heavy atom. The fourth-order valence-corrected chi connectivity index (χ4v) is 0.907. The van der Waals surface area contributed by atoms with Crippen molar-refractivity contribution in [3.8, 4) is 0 Å². The summed E-state index contributed by atoms with van der Waals surface area (Å²) in [6.07, 6.45) is 0. The maximum atomic E-state index is 4.72. The van der Waals surface area contributed by atoms with E-state index in [1.54, 1.807) is 0 Å². The van der Waals surface area contributed by atoms with Crippen molar-refractivity contribution >= 4 is 11.2 Å². The van der Waals surface area contributed by atoms with Crippen LogP contribution in [-0.4, -0.2) is 20.6 Å². The molecule has 0 bridgehead atoms. The molecule has 0 saturated carbocycles. The molecule has 12 heavy (non-hydrogen) atoms. The molecular formula is C7H8N4O. The fourth-order valence-electron chi connectivity index (χ4n) is 0.907. The highest BCUT2D eigenvalue weighted by molar-refractivity contribution is 5.65. The quantitative estimate of drug-likeness (QED) is 0.632. The summed E-state index contributed by atoms with van der Waals surface area (Å²) in [5, 5.41) is 14.9. The topological polar surface area (TPSA) is 64.7 Å². The van der Waals surface area contributed by atoms with Crippen molar-refractivity contribution in [3.05, 3.63) is 11.8 Å². The number of hydrogen-bond donors (Lipinski definition) is 0. The predicted octanol–water partition coefficient (Wildman–Crippen LogP) is 1.14. The summed E-state index contributed by atoms with van der Waals surface area (Å²) in [5.41, 5.74) is 1.95. The molecule has 5 nitrogen and oxygen atoms in total.